The number of carbonyl (C=O) groups is 1. The molecule has 1 fully saturated rings. The smallest absolute Gasteiger partial charge is 0.246 e. The molecule has 1 aliphatic carbocycles. The van der Waals surface area contributed by atoms with Crippen LogP contribution >= 0.6 is 0 Å². The fourth-order valence-corrected chi connectivity index (χ4v) is 2.01. The quantitative estimate of drug-likeness (QED) is 0.726. The maximum absolute atomic E-state index is 11.8. The largest absolute Gasteiger partial charge is 0.275 e. The van der Waals surface area contributed by atoms with Gasteiger partial charge in [-0.05, 0) is 18.4 Å². The van der Waals surface area contributed by atoms with Crippen molar-refractivity contribution in [3.8, 4) is 0 Å². The number of hydrogen-bond acceptors (Lipinski definition) is 2. The zero-order chi connectivity index (χ0) is 11.6. The fraction of sp³-hybridized carbons (Fsp3) is 0.462. The Kier molecular flexibility index (Phi) is 2.97. The van der Waals surface area contributed by atoms with Crippen LogP contribution in [0.15, 0.2) is 30.3 Å². The van der Waals surface area contributed by atoms with Gasteiger partial charge in [-0.15, -0.1) is 0 Å². The Morgan fingerprint density at radius 1 is 1.38 bits per heavy atom. The van der Waals surface area contributed by atoms with Crippen molar-refractivity contribution < 1.29 is 9.63 Å². The minimum Gasteiger partial charge on any atom is -0.275 e. The van der Waals surface area contributed by atoms with E-state index in [-0.39, 0.29) is 11.3 Å². The highest BCUT2D eigenvalue weighted by atomic mass is 16.7. The molecule has 0 unspecified atom stereocenters. The first-order valence-electron chi connectivity index (χ1n) is 5.54. The average Bonchev–Trinajstić information content (AvgIpc) is 3.10. The van der Waals surface area contributed by atoms with Gasteiger partial charge in [0.2, 0.25) is 5.91 Å². The summed E-state index contributed by atoms with van der Waals surface area (Å²) in [6, 6.07) is 10.3. The molecule has 1 aromatic carbocycles. The van der Waals surface area contributed by atoms with Crippen molar-refractivity contribution in [2.45, 2.75) is 24.7 Å². The minimum atomic E-state index is 0.0452. The van der Waals surface area contributed by atoms with Gasteiger partial charge in [0.1, 0.15) is 0 Å². The highest BCUT2D eigenvalue weighted by molar-refractivity contribution is 5.77. The van der Waals surface area contributed by atoms with Gasteiger partial charge in [0.15, 0.2) is 0 Å². The molecule has 16 heavy (non-hydrogen) atoms. The van der Waals surface area contributed by atoms with Gasteiger partial charge in [-0.25, -0.2) is 5.06 Å². The van der Waals surface area contributed by atoms with E-state index >= 15 is 0 Å². The molecule has 86 valence electrons. The Hall–Kier alpha value is -1.35. The summed E-state index contributed by atoms with van der Waals surface area (Å²) in [6.07, 6.45) is 2.74. The molecule has 1 amide bonds. The summed E-state index contributed by atoms with van der Waals surface area (Å²) in [6.45, 7) is 0. The van der Waals surface area contributed by atoms with E-state index in [2.05, 4.69) is 12.1 Å². The van der Waals surface area contributed by atoms with Gasteiger partial charge in [-0.3, -0.25) is 9.63 Å². The van der Waals surface area contributed by atoms with E-state index in [4.69, 9.17) is 4.84 Å². The topological polar surface area (TPSA) is 29.5 Å². The van der Waals surface area contributed by atoms with Crippen molar-refractivity contribution >= 4 is 5.91 Å². The van der Waals surface area contributed by atoms with E-state index in [1.165, 1.54) is 17.7 Å². The summed E-state index contributed by atoms with van der Waals surface area (Å²) < 4.78 is 0. The van der Waals surface area contributed by atoms with Gasteiger partial charge in [-0.2, -0.15) is 0 Å². The lowest BCUT2D eigenvalue weighted by atomic mass is 9.92. The molecule has 0 heterocycles. The molecule has 0 aromatic heterocycles. The number of rotatable bonds is 4. The molecule has 0 atom stereocenters. The van der Waals surface area contributed by atoms with E-state index in [9.17, 15) is 4.79 Å². The van der Waals surface area contributed by atoms with Gasteiger partial charge in [0.25, 0.3) is 0 Å². The van der Waals surface area contributed by atoms with E-state index in [1.54, 1.807) is 7.05 Å². The minimum absolute atomic E-state index is 0.0452. The number of hydroxylamine groups is 2. The number of benzene rings is 1. The number of carbonyl (C=O) groups excluding carboxylic acids is 1. The van der Waals surface area contributed by atoms with Crippen LogP contribution < -0.4 is 0 Å². The molecular weight excluding hydrogens is 202 g/mol. The predicted octanol–water partition coefficient (Wildman–Crippen LogP) is 2.13. The average molecular weight is 219 g/mol. The number of nitrogens with zero attached hydrogens (tertiary/aromatic N) is 1. The van der Waals surface area contributed by atoms with Crippen LogP contribution in [0.4, 0.5) is 0 Å². The maximum atomic E-state index is 11.8. The number of hydrogen-bond donors (Lipinski definition) is 0. The van der Waals surface area contributed by atoms with Crippen LogP contribution in [0.1, 0.15) is 24.8 Å². The van der Waals surface area contributed by atoms with Crippen LogP contribution in [0, 0.1) is 0 Å². The van der Waals surface area contributed by atoms with Gasteiger partial charge >= 0.3 is 0 Å². The summed E-state index contributed by atoms with van der Waals surface area (Å²) in [7, 11) is 3.17. The molecule has 0 radical (unpaired) electrons. The SMILES string of the molecule is CON(C)C(=O)CC1(c2ccccc2)CC1. The van der Waals surface area contributed by atoms with Crippen molar-refractivity contribution in [2.75, 3.05) is 14.2 Å². The lowest BCUT2D eigenvalue weighted by Crippen LogP contribution is -2.29. The summed E-state index contributed by atoms with van der Waals surface area (Å²) in [5.74, 6) is 0.0452. The molecule has 2 rings (SSSR count). The van der Waals surface area contributed by atoms with Crippen LogP contribution in [-0.4, -0.2) is 25.1 Å². The van der Waals surface area contributed by atoms with Crippen molar-refractivity contribution in [3.05, 3.63) is 35.9 Å². The zero-order valence-corrected chi connectivity index (χ0v) is 9.77. The van der Waals surface area contributed by atoms with Crippen molar-refractivity contribution in [2.24, 2.45) is 0 Å². The predicted molar refractivity (Wildman–Crippen MR) is 61.8 cm³/mol. The Labute approximate surface area is 96.0 Å². The summed E-state index contributed by atoms with van der Waals surface area (Å²) in [4.78, 5) is 16.7. The Morgan fingerprint density at radius 3 is 2.50 bits per heavy atom. The molecule has 1 saturated carbocycles. The third kappa shape index (κ3) is 2.09. The first-order valence-corrected chi connectivity index (χ1v) is 5.54. The van der Waals surface area contributed by atoms with Crippen molar-refractivity contribution in [1.29, 1.82) is 0 Å². The van der Waals surface area contributed by atoms with Crippen LogP contribution in [0.25, 0.3) is 0 Å². The molecule has 3 nitrogen and oxygen atoms in total. The third-order valence-electron chi connectivity index (χ3n) is 3.35. The second-order valence-electron chi connectivity index (χ2n) is 4.40. The van der Waals surface area contributed by atoms with Crippen LogP contribution in [-0.2, 0) is 15.0 Å². The lowest BCUT2D eigenvalue weighted by molar-refractivity contribution is -0.169. The highest BCUT2D eigenvalue weighted by Crippen LogP contribution is 2.51. The normalized spacial score (nSPS) is 16.9. The van der Waals surface area contributed by atoms with Crippen molar-refractivity contribution in [3.63, 3.8) is 0 Å². The molecule has 1 aromatic rings. The summed E-state index contributed by atoms with van der Waals surface area (Å²) in [5, 5.41) is 1.31. The van der Waals surface area contributed by atoms with E-state index in [0.717, 1.165) is 12.8 Å². The second kappa shape index (κ2) is 4.26. The van der Waals surface area contributed by atoms with E-state index in [1.807, 2.05) is 18.2 Å². The monoisotopic (exact) mass is 219 g/mol. The molecule has 0 N–H and O–H groups in total. The van der Waals surface area contributed by atoms with Gasteiger partial charge in [-0.1, -0.05) is 30.3 Å². The molecule has 0 aliphatic heterocycles. The summed E-state index contributed by atoms with van der Waals surface area (Å²) >= 11 is 0. The Morgan fingerprint density at radius 2 is 2.00 bits per heavy atom. The van der Waals surface area contributed by atoms with Crippen LogP contribution in [0.3, 0.4) is 0 Å². The fourth-order valence-electron chi connectivity index (χ4n) is 2.01. The summed E-state index contributed by atoms with van der Waals surface area (Å²) in [5.41, 5.74) is 1.35. The lowest BCUT2D eigenvalue weighted by Gasteiger charge is -2.19. The molecule has 1 aliphatic rings. The van der Waals surface area contributed by atoms with Gasteiger partial charge < -0.3 is 0 Å². The maximum Gasteiger partial charge on any atom is 0.246 e. The molecule has 0 bridgehead atoms. The first kappa shape index (κ1) is 11.1. The zero-order valence-electron chi connectivity index (χ0n) is 9.77. The second-order valence-corrected chi connectivity index (χ2v) is 4.40. The van der Waals surface area contributed by atoms with Crippen molar-refractivity contribution in [1.82, 2.24) is 5.06 Å². The van der Waals surface area contributed by atoms with E-state index in [0.29, 0.717) is 6.42 Å². The van der Waals surface area contributed by atoms with E-state index < -0.39 is 0 Å². The standard InChI is InChI=1S/C13H17NO2/c1-14(16-2)12(15)10-13(8-9-13)11-6-4-3-5-7-11/h3-7H,8-10H2,1-2H3. The Balaban J connectivity index is 2.08. The molecule has 0 spiro atoms. The first-order chi connectivity index (χ1) is 7.68. The third-order valence-corrected chi connectivity index (χ3v) is 3.35. The van der Waals surface area contributed by atoms with Gasteiger partial charge in [0.05, 0.1) is 7.11 Å². The van der Waals surface area contributed by atoms with Crippen LogP contribution in [0.2, 0.25) is 0 Å². The Bertz CT molecular complexity index is 371. The highest BCUT2D eigenvalue weighted by Gasteiger charge is 2.46. The molecular formula is C13H17NO2. The molecule has 3 heteroatoms. The van der Waals surface area contributed by atoms with Crippen LogP contribution in [0.5, 0.6) is 0 Å². The van der Waals surface area contributed by atoms with Gasteiger partial charge in [0, 0.05) is 18.9 Å². The number of amides is 1. The molecule has 0 saturated heterocycles.